The van der Waals surface area contributed by atoms with E-state index in [1.54, 1.807) is 0 Å². The summed E-state index contributed by atoms with van der Waals surface area (Å²) in [5.41, 5.74) is 0. The average molecular weight is 331 g/mol. The van der Waals surface area contributed by atoms with Crippen LogP contribution in [-0.2, 0) is 13.9 Å². The predicted molar refractivity (Wildman–Crippen MR) is 95.6 cm³/mol. The lowest BCUT2D eigenvalue weighted by Crippen LogP contribution is -2.57. The quantitative estimate of drug-likeness (QED) is 0.662. The normalized spacial score (nSPS) is 31.4. The monoisotopic (exact) mass is 330 g/mol. The highest BCUT2D eigenvalue weighted by atomic mass is 28.4. The van der Waals surface area contributed by atoms with Gasteiger partial charge in [0.15, 0.2) is 14.1 Å². The van der Waals surface area contributed by atoms with Crippen molar-refractivity contribution in [2.24, 2.45) is 11.8 Å². The van der Waals surface area contributed by atoms with Crippen LogP contribution in [-0.4, -0.2) is 32.4 Å². The summed E-state index contributed by atoms with van der Waals surface area (Å²) < 4.78 is 19.0. The maximum Gasteiger partial charge on any atom is 0.192 e. The fraction of sp³-hybridized carbons (Fsp3) is 1.00. The van der Waals surface area contributed by atoms with E-state index in [2.05, 4.69) is 61.6 Å². The van der Waals surface area contributed by atoms with Crippen LogP contribution in [0.3, 0.4) is 0 Å². The van der Waals surface area contributed by atoms with Crippen molar-refractivity contribution in [3.8, 4) is 0 Å². The molecular weight excluding hydrogens is 292 g/mol. The van der Waals surface area contributed by atoms with Gasteiger partial charge in [0.1, 0.15) is 0 Å². The molecule has 132 valence electrons. The molecule has 4 heteroatoms. The Balaban J connectivity index is 2.93. The first kappa shape index (κ1) is 20.1. The molecule has 1 heterocycles. The zero-order chi connectivity index (χ0) is 17.5. The molecule has 1 saturated heterocycles. The topological polar surface area (TPSA) is 27.7 Å². The van der Waals surface area contributed by atoms with E-state index in [0.29, 0.717) is 11.8 Å². The van der Waals surface area contributed by atoms with Gasteiger partial charge in [0.25, 0.3) is 0 Å². The van der Waals surface area contributed by atoms with Gasteiger partial charge in [0.05, 0.1) is 18.3 Å². The Kier molecular flexibility index (Phi) is 5.99. The minimum atomic E-state index is -1.80. The lowest BCUT2D eigenvalue weighted by molar-refractivity contribution is -0.336. The third kappa shape index (κ3) is 4.56. The Morgan fingerprint density at radius 3 is 1.86 bits per heavy atom. The van der Waals surface area contributed by atoms with Gasteiger partial charge in [-0.25, -0.2) is 0 Å². The molecule has 1 fully saturated rings. The fourth-order valence-electron chi connectivity index (χ4n) is 3.06. The van der Waals surface area contributed by atoms with Crippen LogP contribution in [0.25, 0.3) is 0 Å². The summed E-state index contributed by atoms with van der Waals surface area (Å²) in [6, 6.07) is 0. The first-order chi connectivity index (χ1) is 9.68. The Bertz CT molecular complexity index is 371. The summed E-state index contributed by atoms with van der Waals surface area (Å²) in [7, 11) is -1.80. The highest BCUT2D eigenvalue weighted by Gasteiger charge is 2.47. The lowest BCUT2D eigenvalue weighted by Gasteiger charge is -2.50. The molecule has 0 amide bonds. The molecule has 0 radical (unpaired) electrons. The second-order valence-corrected chi connectivity index (χ2v) is 14.0. The van der Waals surface area contributed by atoms with E-state index in [1.807, 2.05) is 13.8 Å². The third-order valence-electron chi connectivity index (χ3n) is 5.28. The smallest absolute Gasteiger partial charge is 0.192 e. The van der Waals surface area contributed by atoms with Crippen molar-refractivity contribution in [2.75, 3.05) is 0 Å². The maximum absolute atomic E-state index is 6.59. The van der Waals surface area contributed by atoms with Gasteiger partial charge in [0.2, 0.25) is 0 Å². The molecule has 1 aliphatic heterocycles. The third-order valence-corrected chi connectivity index (χ3v) is 9.86. The van der Waals surface area contributed by atoms with E-state index in [4.69, 9.17) is 13.9 Å². The SMILES string of the molecule is CC(C)[C@@H]1OC(C)(C)O[C@H]([C@H](C)O[Si](C)(C)C(C)(C)C)[C@@H]1C. The molecular formula is C18H38O3Si. The highest BCUT2D eigenvalue weighted by molar-refractivity contribution is 6.74. The van der Waals surface area contributed by atoms with E-state index in [1.165, 1.54) is 0 Å². The van der Waals surface area contributed by atoms with Crippen molar-refractivity contribution >= 4 is 8.32 Å². The van der Waals surface area contributed by atoms with Gasteiger partial charge >= 0.3 is 0 Å². The van der Waals surface area contributed by atoms with E-state index in [-0.39, 0.29) is 23.4 Å². The van der Waals surface area contributed by atoms with E-state index < -0.39 is 14.1 Å². The zero-order valence-corrected chi connectivity index (χ0v) is 17.6. The molecule has 0 bridgehead atoms. The van der Waals surface area contributed by atoms with Gasteiger partial charge < -0.3 is 13.9 Å². The van der Waals surface area contributed by atoms with Crippen molar-refractivity contribution < 1.29 is 13.9 Å². The number of rotatable bonds is 4. The first-order valence-electron chi connectivity index (χ1n) is 8.71. The van der Waals surface area contributed by atoms with Crippen LogP contribution >= 0.6 is 0 Å². The molecule has 0 aliphatic carbocycles. The van der Waals surface area contributed by atoms with E-state index in [0.717, 1.165) is 0 Å². The van der Waals surface area contributed by atoms with Crippen LogP contribution in [0.15, 0.2) is 0 Å². The van der Waals surface area contributed by atoms with Gasteiger partial charge in [-0.3, -0.25) is 0 Å². The lowest BCUT2D eigenvalue weighted by atomic mass is 9.86. The van der Waals surface area contributed by atoms with Crippen molar-refractivity contribution in [3.05, 3.63) is 0 Å². The van der Waals surface area contributed by atoms with E-state index in [9.17, 15) is 0 Å². The number of ether oxygens (including phenoxy) is 2. The molecule has 0 spiro atoms. The predicted octanol–water partition coefficient (Wildman–Crippen LogP) is 5.21. The van der Waals surface area contributed by atoms with Crippen LogP contribution in [0.1, 0.15) is 62.3 Å². The molecule has 22 heavy (non-hydrogen) atoms. The minimum Gasteiger partial charge on any atom is -0.412 e. The number of hydrogen-bond donors (Lipinski definition) is 0. The van der Waals surface area contributed by atoms with Crippen LogP contribution in [0.5, 0.6) is 0 Å². The summed E-state index contributed by atoms with van der Waals surface area (Å²) in [6.07, 6.45) is 0.366. The van der Waals surface area contributed by atoms with Gasteiger partial charge in [-0.05, 0) is 44.8 Å². The van der Waals surface area contributed by atoms with Crippen LogP contribution in [0.4, 0.5) is 0 Å². The Labute approximate surface area is 139 Å². The van der Waals surface area contributed by atoms with Crippen LogP contribution < -0.4 is 0 Å². The largest absolute Gasteiger partial charge is 0.412 e. The fourth-order valence-corrected chi connectivity index (χ4v) is 4.48. The minimum absolute atomic E-state index is 0.0743. The summed E-state index contributed by atoms with van der Waals surface area (Å²) >= 11 is 0. The van der Waals surface area contributed by atoms with Crippen molar-refractivity contribution in [2.45, 2.75) is 105 Å². The standard InChI is InChI=1S/C18H38O3Si/c1-12(2)15-13(3)16(20-18(8,9)19-15)14(4)21-22(10,11)17(5,6)7/h12-16H,1-11H3/t13-,14+,15+,16+/m1/s1. The van der Waals surface area contributed by atoms with Crippen LogP contribution in [0.2, 0.25) is 18.1 Å². The first-order valence-corrected chi connectivity index (χ1v) is 11.6. The van der Waals surface area contributed by atoms with Gasteiger partial charge in [0, 0.05) is 5.92 Å². The molecule has 0 saturated carbocycles. The molecule has 3 nitrogen and oxygen atoms in total. The Morgan fingerprint density at radius 2 is 1.45 bits per heavy atom. The van der Waals surface area contributed by atoms with Gasteiger partial charge in [-0.2, -0.15) is 0 Å². The van der Waals surface area contributed by atoms with Gasteiger partial charge in [-0.1, -0.05) is 41.5 Å². The average Bonchev–Trinajstić information content (AvgIpc) is 2.29. The molecule has 0 aromatic heterocycles. The molecule has 4 atom stereocenters. The molecule has 0 aromatic carbocycles. The molecule has 0 aromatic rings. The molecule has 1 aliphatic rings. The summed E-state index contributed by atoms with van der Waals surface area (Å²) in [6.45, 7) is 24.3. The van der Waals surface area contributed by atoms with Gasteiger partial charge in [-0.15, -0.1) is 0 Å². The maximum atomic E-state index is 6.59. The molecule has 0 unspecified atom stereocenters. The summed E-state index contributed by atoms with van der Waals surface area (Å²) in [4.78, 5) is 0. The molecule has 0 N–H and O–H groups in total. The van der Waals surface area contributed by atoms with Crippen molar-refractivity contribution in [3.63, 3.8) is 0 Å². The Morgan fingerprint density at radius 1 is 1.00 bits per heavy atom. The van der Waals surface area contributed by atoms with Crippen molar-refractivity contribution in [1.82, 2.24) is 0 Å². The Hall–Kier alpha value is 0.0969. The number of hydrogen-bond acceptors (Lipinski definition) is 3. The summed E-state index contributed by atoms with van der Waals surface area (Å²) in [5.74, 6) is 0.255. The summed E-state index contributed by atoms with van der Waals surface area (Å²) in [5, 5.41) is 0.211. The molecule has 1 rings (SSSR count). The highest BCUT2D eigenvalue weighted by Crippen LogP contribution is 2.41. The second-order valence-electron chi connectivity index (χ2n) is 9.25. The zero-order valence-electron chi connectivity index (χ0n) is 16.6. The van der Waals surface area contributed by atoms with E-state index >= 15 is 0 Å². The van der Waals surface area contributed by atoms with Crippen molar-refractivity contribution in [1.29, 1.82) is 0 Å². The second kappa shape index (κ2) is 6.54. The van der Waals surface area contributed by atoms with Crippen LogP contribution in [0, 0.1) is 11.8 Å².